The second kappa shape index (κ2) is 59.4. The van der Waals surface area contributed by atoms with Crippen molar-refractivity contribution in [3.8, 4) is 0 Å². The van der Waals surface area contributed by atoms with E-state index < -0.39 is 6.10 Å². The maximum atomic E-state index is 12.9. The molecular formula is C65H114O6. The van der Waals surface area contributed by atoms with E-state index in [1.54, 1.807) is 0 Å². The van der Waals surface area contributed by atoms with Gasteiger partial charge in [-0.25, -0.2) is 0 Å². The molecule has 0 heterocycles. The number of hydrogen-bond acceptors (Lipinski definition) is 6. The predicted octanol–water partition coefficient (Wildman–Crippen LogP) is 20.5. The van der Waals surface area contributed by atoms with Crippen LogP contribution in [0.2, 0.25) is 0 Å². The Balaban J connectivity index is 4.37. The van der Waals surface area contributed by atoms with E-state index in [0.717, 1.165) is 103 Å². The molecule has 0 aromatic rings. The third-order valence-electron chi connectivity index (χ3n) is 13.2. The highest BCUT2D eigenvalue weighted by atomic mass is 16.6. The van der Waals surface area contributed by atoms with Crippen molar-refractivity contribution < 1.29 is 28.6 Å². The van der Waals surface area contributed by atoms with Gasteiger partial charge >= 0.3 is 17.9 Å². The van der Waals surface area contributed by atoms with Crippen molar-refractivity contribution in [2.24, 2.45) is 0 Å². The smallest absolute Gasteiger partial charge is 0.306 e. The zero-order chi connectivity index (χ0) is 51.4. The van der Waals surface area contributed by atoms with Crippen LogP contribution in [0.3, 0.4) is 0 Å². The van der Waals surface area contributed by atoms with Gasteiger partial charge in [-0.2, -0.15) is 0 Å². The Hall–Kier alpha value is -3.15. The number of carbonyl (C=O) groups is 3. The first kappa shape index (κ1) is 67.8. The summed E-state index contributed by atoms with van der Waals surface area (Å²) in [6.45, 7) is 6.61. The molecule has 0 N–H and O–H groups in total. The maximum Gasteiger partial charge on any atom is 0.306 e. The van der Waals surface area contributed by atoms with Gasteiger partial charge in [-0.3, -0.25) is 14.4 Å². The van der Waals surface area contributed by atoms with E-state index in [0.29, 0.717) is 19.3 Å². The average molecular weight is 992 g/mol. The average Bonchev–Trinajstić information content (AvgIpc) is 3.37. The molecule has 0 rings (SSSR count). The highest BCUT2D eigenvalue weighted by Gasteiger charge is 2.19. The number of allylic oxidation sites excluding steroid dienone is 12. The van der Waals surface area contributed by atoms with E-state index in [4.69, 9.17) is 14.2 Å². The van der Waals surface area contributed by atoms with Crippen LogP contribution in [0.5, 0.6) is 0 Å². The number of carbonyl (C=O) groups excluding carboxylic acids is 3. The highest BCUT2D eigenvalue weighted by molar-refractivity contribution is 5.71. The second-order valence-electron chi connectivity index (χ2n) is 20.3. The van der Waals surface area contributed by atoms with Crippen molar-refractivity contribution in [3.63, 3.8) is 0 Å². The molecule has 0 aliphatic heterocycles. The summed E-state index contributed by atoms with van der Waals surface area (Å²) in [5.74, 6) is -0.899. The summed E-state index contributed by atoms with van der Waals surface area (Å²) in [7, 11) is 0. The first-order chi connectivity index (χ1) is 35.0. The number of esters is 3. The van der Waals surface area contributed by atoms with E-state index in [2.05, 4.69) is 93.7 Å². The van der Waals surface area contributed by atoms with Crippen LogP contribution in [0, 0.1) is 0 Å². The largest absolute Gasteiger partial charge is 0.462 e. The fraction of sp³-hybridized carbons (Fsp3) is 0.769. The Morgan fingerprint density at radius 3 is 0.789 bits per heavy atom. The second-order valence-corrected chi connectivity index (χ2v) is 20.3. The van der Waals surface area contributed by atoms with Gasteiger partial charge in [0, 0.05) is 19.3 Å². The molecule has 0 spiro atoms. The summed E-state index contributed by atoms with van der Waals surface area (Å²) in [5.41, 5.74) is 0. The Labute approximate surface area is 440 Å². The Morgan fingerprint density at radius 2 is 0.507 bits per heavy atom. The lowest BCUT2D eigenvalue weighted by Crippen LogP contribution is -2.30. The van der Waals surface area contributed by atoms with Gasteiger partial charge in [-0.05, 0) is 96.3 Å². The van der Waals surface area contributed by atoms with Gasteiger partial charge in [0.15, 0.2) is 6.10 Å². The zero-order valence-electron chi connectivity index (χ0n) is 47.0. The molecule has 0 saturated carbocycles. The third-order valence-corrected chi connectivity index (χ3v) is 13.2. The van der Waals surface area contributed by atoms with Crippen molar-refractivity contribution >= 4 is 17.9 Å². The summed E-state index contributed by atoms with van der Waals surface area (Å²) in [6, 6.07) is 0. The summed E-state index contributed by atoms with van der Waals surface area (Å²) in [6.07, 6.45) is 76.1. The van der Waals surface area contributed by atoms with Crippen LogP contribution in [-0.4, -0.2) is 37.2 Å². The van der Waals surface area contributed by atoms with E-state index in [1.807, 2.05) is 0 Å². The standard InChI is InChI=1S/C65H114O6/c1-4-7-10-13-16-19-22-24-26-28-30-32-34-36-38-40-43-46-49-52-55-58-64(67)70-61-62(60-69-63(66)57-54-51-48-45-42-21-18-15-12-9-6-3)71-65(68)59-56-53-50-47-44-41-39-37-35-33-31-29-27-25-23-20-17-14-11-8-5-2/h22-25,28-31,34-37,62H,4-21,26-27,32-33,38-61H2,1-3H3/b24-22-,25-23-,30-28-,31-29-,36-34-,37-35-. The normalized spacial score (nSPS) is 12.5. The Kier molecular flexibility index (Phi) is 56.8. The molecule has 0 bridgehead atoms. The van der Waals surface area contributed by atoms with Gasteiger partial charge in [-0.15, -0.1) is 0 Å². The SMILES string of the molecule is CCCCCCC/C=C\C/C=C\C/C=C\CCCCCCCCC(=O)OCC(COC(=O)CCCCCCCCCCCCC)OC(=O)CCCCCCCC/C=C\C/C=C\C/C=C\CCCCCCC. The Morgan fingerprint density at radius 1 is 0.282 bits per heavy atom. The molecular weight excluding hydrogens is 877 g/mol. The third kappa shape index (κ3) is 57.6. The molecule has 0 aromatic heterocycles. The van der Waals surface area contributed by atoms with Crippen molar-refractivity contribution in [2.75, 3.05) is 13.2 Å². The fourth-order valence-electron chi connectivity index (χ4n) is 8.57. The van der Waals surface area contributed by atoms with Crippen molar-refractivity contribution in [1.29, 1.82) is 0 Å². The highest BCUT2D eigenvalue weighted by Crippen LogP contribution is 2.15. The lowest BCUT2D eigenvalue weighted by atomic mass is 10.1. The quantitative estimate of drug-likeness (QED) is 0.0261. The van der Waals surface area contributed by atoms with Crippen molar-refractivity contribution in [2.45, 2.75) is 309 Å². The van der Waals surface area contributed by atoms with Crippen molar-refractivity contribution in [3.05, 3.63) is 72.9 Å². The van der Waals surface area contributed by atoms with E-state index >= 15 is 0 Å². The van der Waals surface area contributed by atoms with Crippen LogP contribution in [0.25, 0.3) is 0 Å². The number of unbranched alkanes of at least 4 members (excludes halogenated alkanes) is 32. The summed E-state index contributed by atoms with van der Waals surface area (Å²) in [4.78, 5) is 38.2. The minimum absolute atomic E-state index is 0.0832. The van der Waals surface area contributed by atoms with Gasteiger partial charge in [0.25, 0.3) is 0 Å². The molecule has 0 amide bonds. The zero-order valence-corrected chi connectivity index (χ0v) is 47.0. The van der Waals surface area contributed by atoms with Crippen LogP contribution in [0.15, 0.2) is 72.9 Å². The van der Waals surface area contributed by atoms with Gasteiger partial charge in [0.05, 0.1) is 0 Å². The maximum absolute atomic E-state index is 12.9. The fourth-order valence-corrected chi connectivity index (χ4v) is 8.57. The molecule has 71 heavy (non-hydrogen) atoms. The van der Waals surface area contributed by atoms with E-state index in [1.165, 1.54) is 161 Å². The lowest BCUT2D eigenvalue weighted by Gasteiger charge is -2.18. The monoisotopic (exact) mass is 991 g/mol. The molecule has 0 aromatic carbocycles. The van der Waals surface area contributed by atoms with Gasteiger partial charge in [-0.1, -0.05) is 261 Å². The Bertz CT molecular complexity index is 1320. The minimum atomic E-state index is -0.787. The van der Waals surface area contributed by atoms with Gasteiger partial charge in [0.2, 0.25) is 0 Å². The topological polar surface area (TPSA) is 78.9 Å². The van der Waals surface area contributed by atoms with Crippen molar-refractivity contribution in [1.82, 2.24) is 0 Å². The number of rotatable bonds is 55. The number of hydrogen-bond donors (Lipinski definition) is 0. The predicted molar refractivity (Wildman–Crippen MR) is 307 cm³/mol. The van der Waals surface area contributed by atoms with Crippen LogP contribution in [0.4, 0.5) is 0 Å². The van der Waals surface area contributed by atoms with Gasteiger partial charge in [0.1, 0.15) is 13.2 Å². The summed E-state index contributed by atoms with van der Waals surface area (Å²) >= 11 is 0. The lowest BCUT2D eigenvalue weighted by molar-refractivity contribution is -0.167. The first-order valence-electron chi connectivity index (χ1n) is 30.4. The van der Waals surface area contributed by atoms with E-state index in [9.17, 15) is 14.4 Å². The molecule has 0 fully saturated rings. The molecule has 0 saturated heterocycles. The molecule has 410 valence electrons. The molecule has 6 heteroatoms. The molecule has 1 unspecified atom stereocenters. The molecule has 1 atom stereocenters. The molecule has 6 nitrogen and oxygen atoms in total. The molecule has 0 aliphatic carbocycles. The van der Waals surface area contributed by atoms with E-state index in [-0.39, 0.29) is 31.1 Å². The molecule has 0 radical (unpaired) electrons. The van der Waals surface area contributed by atoms with Crippen LogP contribution in [-0.2, 0) is 28.6 Å². The minimum Gasteiger partial charge on any atom is -0.462 e. The first-order valence-corrected chi connectivity index (χ1v) is 30.4. The summed E-state index contributed by atoms with van der Waals surface area (Å²) in [5, 5.41) is 0. The van der Waals surface area contributed by atoms with Crippen LogP contribution >= 0.6 is 0 Å². The molecule has 0 aliphatic rings. The van der Waals surface area contributed by atoms with Gasteiger partial charge < -0.3 is 14.2 Å². The van der Waals surface area contributed by atoms with Crippen LogP contribution < -0.4 is 0 Å². The summed E-state index contributed by atoms with van der Waals surface area (Å²) < 4.78 is 16.9. The number of ether oxygens (including phenoxy) is 3. The van der Waals surface area contributed by atoms with Crippen LogP contribution in [0.1, 0.15) is 303 Å².